The van der Waals surface area contributed by atoms with Crippen LogP contribution in [-0.2, 0) is 0 Å². The zero-order valence-electron chi connectivity index (χ0n) is 6.15. The van der Waals surface area contributed by atoms with Gasteiger partial charge in [0.15, 0.2) is 0 Å². The van der Waals surface area contributed by atoms with Crippen LogP contribution in [0.1, 0.15) is 8.35 Å². The van der Waals surface area contributed by atoms with Gasteiger partial charge in [-0.2, -0.15) is 0 Å². The Morgan fingerprint density at radius 3 is 1.43 bits per heavy atom. The first-order valence-electron chi connectivity index (χ1n) is 2.76. The number of nitrogens with zero attached hydrogens (tertiary/aromatic N) is 1. The molecule has 0 heterocycles. The van der Waals surface area contributed by atoms with Gasteiger partial charge in [-0.1, -0.05) is 6.92 Å². The molecule has 0 radical (unpaired) electrons. The summed E-state index contributed by atoms with van der Waals surface area (Å²) >= 11 is 1.37. The first-order chi connectivity index (χ1) is 3.15. The summed E-state index contributed by atoms with van der Waals surface area (Å²) in [7, 11) is 6.00. The van der Waals surface area contributed by atoms with Crippen LogP contribution >= 0.6 is 0 Å². The van der Waals surface area contributed by atoms with Crippen molar-refractivity contribution in [2.24, 2.45) is 0 Å². The summed E-state index contributed by atoms with van der Waals surface area (Å²) in [4.78, 5) is 2.00. The average molecular weight is 119 g/mol. The summed E-state index contributed by atoms with van der Waals surface area (Å²) in [6, 6.07) is 0. The van der Waals surface area contributed by atoms with Gasteiger partial charge in [0.2, 0.25) is 16.3 Å². The molecule has 0 aliphatic rings. The maximum atomic E-state index is 2.19. The van der Waals surface area contributed by atoms with Gasteiger partial charge in [-0.3, -0.25) is 0 Å². The Morgan fingerprint density at radius 1 is 1.43 bits per heavy atom. The lowest BCUT2D eigenvalue weighted by Gasteiger charge is -1.90. The van der Waals surface area contributed by atoms with Crippen molar-refractivity contribution < 1.29 is 1.43 Å². The predicted molar refractivity (Wildman–Crippen MR) is 40.8 cm³/mol. The minimum absolute atomic E-state index is 0. The van der Waals surface area contributed by atoms with Gasteiger partial charge in [-0.15, -0.1) is 5.28 Å². The number of hydrogen-bond donors (Lipinski definition) is 0. The molecule has 0 aliphatic carbocycles. The predicted octanol–water partition coefficient (Wildman–Crippen LogP) is 0.481. The van der Waals surface area contributed by atoms with Crippen molar-refractivity contribution >= 4 is 16.3 Å². The third-order valence-corrected chi connectivity index (χ3v) is 0. The molecule has 0 atom stereocenters. The normalized spacial score (nSPS) is 7.57. The second kappa shape index (κ2) is 9.70. The van der Waals surface area contributed by atoms with Crippen LogP contribution in [0.5, 0.6) is 0 Å². The summed E-state index contributed by atoms with van der Waals surface area (Å²) in [5.74, 6) is 0. The van der Waals surface area contributed by atoms with Gasteiger partial charge in [-0.25, -0.2) is 0 Å². The van der Waals surface area contributed by atoms with Crippen LogP contribution in [0, 0.1) is 0 Å². The molecule has 0 spiro atoms. The quantitative estimate of drug-likeness (QED) is 0.419. The van der Waals surface area contributed by atoms with E-state index in [0.717, 1.165) is 0 Å². The molecule has 46 valence electrons. The molecule has 0 bridgehead atoms. The molecule has 0 aromatic heterocycles. The molecule has 1 nitrogen and oxygen atoms in total. The SMILES string of the molecule is CN(C)C.C[CH2][AlH2].[HH]. The molecule has 7 heavy (non-hydrogen) atoms. The molecule has 0 N–H and O–H groups in total. The Hall–Kier alpha value is 0.492. The van der Waals surface area contributed by atoms with Crippen LogP contribution in [0.3, 0.4) is 0 Å². The summed E-state index contributed by atoms with van der Waals surface area (Å²) in [5, 5.41) is 1.39. The van der Waals surface area contributed by atoms with Gasteiger partial charge in [0, 0.05) is 1.43 Å². The first kappa shape index (κ1) is 10.5. The van der Waals surface area contributed by atoms with Gasteiger partial charge in [0.1, 0.15) is 0 Å². The Morgan fingerprint density at radius 2 is 1.43 bits per heavy atom. The fourth-order valence-electron chi connectivity index (χ4n) is 0. The standard InChI is InChI=1S/C3H9N.C2H5.Al.H2.2H/c1-4(2)3;1-2;;;;/h1-3H3;1H2,2H3;;1H;;. The van der Waals surface area contributed by atoms with Crippen LogP contribution in [-0.4, -0.2) is 42.3 Å². The highest BCUT2D eigenvalue weighted by molar-refractivity contribution is 6.08. The van der Waals surface area contributed by atoms with Gasteiger partial charge < -0.3 is 4.90 Å². The lowest BCUT2D eigenvalue weighted by Crippen LogP contribution is -1.99. The van der Waals surface area contributed by atoms with Crippen molar-refractivity contribution in [1.82, 2.24) is 4.90 Å². The van der Waals surface area contributed by atoms with Crippen molar-refractivity contribution in [3.63, 3.8) is 0 Å². The molecule has 0 saturated heterocycles. The van der Waals surface area contributed by atoms with Crippen molar-refractivity contribution in [1.29, 1.82) is 0 Å². The van der Waals surface area contributed by atoms with Crippen LogP contribution < -0.4 is 0 Å². The summed E-state index contributed by atoms with van der Waals surface area (Å²) in [6.45, 7) is 2.19. The Balaban J connectivity index is -0.0000000575. The van der Waals surface area contributed by atoms with Gasteiger partial charge in [-0.05, 0) is 21.1 Å². The molecule has 0 aromatic carbocycles. The van der Waals surface area contributed by atoms with E-state index < -0.39 is 0 Å². The minimum Gasteiger partial charge on any atom is -0.312 e. The molecule has 0 fully saturated rings. The molecular formula is C5H18AlN. The second-order valence-electron chi connectivity index (χ2n) is 2.05. The first-order valence-corrected chi connectivity index (χ1v) is 4.17. The summed E-state index contributed by atoms with van der Waals surface area (Å²) in [5.41, 5.74) is 0. The average Bonchev–Trinajstić information content (AvgIpc) is 1.33. The third-order valence-electron chi connectivity index (χ3n) is 0. The zero-order chi connectivity index (χ0) is 6.28. The Kier molecular flexibility index (Phi) is 14.5. The van der Waals surface area contributed by atoms with Gasteiger partial charge in [0.05, 0.1) is 0 Å². The monoisotopic (exact) mass is 119 g/mol. The van der Waals surface area contributed by atoms with E-state index in [4.69, 9.17) is 0 Å². The van der Waals surface area contributed by atoms with Crippen molar-refractivity contribution in [2.75, 3.05) is 21.1 Å². The van der Waals surface area contributed by atoms with Crippen LogP contribution in [0.15, 0.2) is 0 Å². The Labute approximate surface area is 56.6 Å². The zero-order valence-corrected chi connectivity index (χ0v) is 8.15. The molecule has 0 saturated carbocycles. The van der Waals surface area contributed by atoms with E-state index in [0.29, 0.717) is 0 Å². The van der Waals surface area contributed by atoms with Crippen LogP contribution in [0.2, 0.25) is 5.28 Å². The van der Waals surface area contributed by atoms with E-state index in [1.807, 2.05) is 26.0 Å². The summed E-state index contributed by atoms with van der Waals surface area (Å²) < 4.78 is 0. The molecule has 0 aliphatic heterocycles. The van der Waals surface area contributed by atoms with Crippen LogP contribution in [0.4, 0.5) is 0 Å². The smallest absolute Gasteiger partial charge is 0.211 e. The molecule has 0 amide bonds. The fourth-order valence-corrected chi connectivity index (χ4v) is 0. The van der Waals surface area contributed by atoms with E-state index in [-0.39, 0.29) is 1.43 Å². The fraction of sp³-hybridized carbons (Fsp3) is 1.00. The van der Waals surface area contributed by atoms with Gasteiger partial charge in [0.25, 0.3) is 0 Å². The summed E-state index contributed by atoms with van der Waals surface area (Å²) in [6.07, 6.45) is 0. The number of hydrogen-bond acceptors (Lipinski definition) is 1. The molecule has 0 rings (SSSR count). The maximum Gasteiger partial charge on any atom is 0.211 e. The molecule has 2 heteroatoms. The maximum absolute atomic E-state index is 2.19. The molecule has 0 aromatic rings. The molecule has 0 unspecified atom stereocenters. The highest BCUT2D eigenvalue weighted by Gasteiger charge is 1.58. The highest BCUT2D eigenvalue weighted by Crippen LogP contribution is 1.49. The van der Waals surface area contributed by atoms with Crippen LogP contribution in [0.25, 0.3) is 0 Å². The van der Waals surface area contributed by atoms with E-state index in [1.54, 1.807) is 0 Å². The van der Waals surface area contributed by atoms with E-state index in [2.05, 4.69) is 6.92 Å². The second-order valence-corrected chi connectivity index (χ2v) is 3.46. The lowest BCUT2D eigenvalue weighted by atomic mass is 11.0. The number of rotatable bonds is 0. The largest absolute Gasteiger partial charge is 0.312 e. The molecular weight excluding hydrogens is 101 g/mol. The topological polar surface area (TPSA) is 3.24 Å². The van der Waals surface area contributed by atoms with E-state index in [1.165, 1.54) is 21.6 Å². The van der Waals surface area contributed by atoms with Crippen molar-refractivity contribution in [2.45, 2.75) is 12.2 Å². The third kappa shape index (κ3) is 540. The van der Waals surface area contributed by atoms with Gasteiger partial charge >= 0.3 is 0 Å². The lowest BCUT2D eigenvalue weighted by molar-refractivity contribution is 0.505. The minimum atomic E-state index is 0. The highest BCUT2D eigenvalue weighted by atomic mass is 27.0. The van der Waals surface area contributed by atoms with Crippen molar-refractivity contribution in [3.05, 3.63) is 0 Å². The van der Waals surface area contributed by atoms with E-state index >= 15 is 0 Å². The van der Waals surface area contributed by atoms with E-state index in [9.17, 15) is 0 Å². The Bertz CT molecular complexity index is 23.6. The van der Waals surface area contributed by atoms with Crippen molar-refractivity contribution in [3.8, 4) is 0 Å².